The number of oxazole rings is 1. The molecule has 6 heteroatoms. The SMILES string of the molecule is CC(Sc1nc(-c2ccccc2)c(-c2ccccc2)o1)C(=O)NCc1ccco1. The second-order valence-corrected chi connectivity index (χ2v) is 7.74. The maximum absolute atomic E-state index is 12.4. The predicted molar refractivity (Wildman–Crippen MR) is 113 cm³/mol. The number of amides is 1. The van der Waals surface area contributed by atoms with Crippen LogP contribution in [-0.2, 0) is 11.3 Å². The average Bonchev–Trinajstić information content (AvgIpc) is 3.43. The second-order valence-electron chi connectivity index (χ2n) is 6.45. The van der Waals surface area contributed by atoms with Gasteiger partial charge in [-0.25, -0.2) is 4.98 Å². The number of thioether (sulfide) groups is 1. The van der Waals surface area contributed by atoms with Crippen molar-refractivity contribution in [3.8, 4) is 22.6 Å². The molecule has 0 fully saturated rings. The number of aromatic nitrogens is 1. The summed E-state index contributed by atoms with van der Waals surface area (Å²) in [6, 6.07) is 23.4. The molecule has 0 spiro atoms. The molecule has 1 amide bonds. The monoisotopic (exact) mass is 404 g/mol. The Morgan fingerprint density at radius 1 is 1.00 bits per heavy atom. The summed E-state index contributed by atoms with van der Waals surface area (Å²) >= 11 is 1.29. The summed E-state index contributed by atoms with van der Waals surface area (Å²) in [6.07, 6.45) is 1.59. The summed E-state index contributed by atoms with van der Waals surface area (Å²) in [5.74, 6) is 1.30. The van der Waals surface area contributed by atoms with E-state index in [-0.39, 0.29) is 11.2 Å². The number of benzene rings is 2. The average molecular weight is 404 g/mol. The molecule has 0 aliphatic rings. The molecule has 0 bridgehead atoms. The van der Waals surface area contributed by atoms with Crippen molar-refractivity contribution in [1.82, 2.24) is 10.3 Å². The fourth-order valence-corrected chi connectivity index (χ4v) is 3.63. The van der Waals surface area contributed by atoms with Gasteiger partial charge in [-0.3, -0.25) is 4.79 Å². The molecule has 0 saturated carbocycles. The van der Waals surface area contributed by atoms with Gasteiger partial charge in [0.1, 0.15) is 11.5 Å². The van der Waals surface area contributed by atoms with E-state index < -0.39 is 0 Å². The van der Waals surface area contributed by atoms with Gasteiger partial charge in [-0.1, -0.05) is 72.4 Å². The first-order valence-electron chi connectivity index (χ1n) is 9.29. The van der Waals surface area contributed by atoms with E-state index in [0.717, 1.165) is 16.8 Å². The maximum atomic E-state index is 12.4. The Balaban J connectivity index is 1.54. The fraction of sp³-hybridized carbons (Fsp3) is 0.130. The van der Waals surface area contributed by atoms with E-state index in [4.69, 9.17) is 8.83 Å². The Bertz CT molecular complexity index is 1000. The molecule has 5 nitrogen and oxygen atoms in total. The van der Waals surface area contributed by atoms with E-state index in [1.165, 1.54) is 11.8 Å². The standard InChI is InChI=1S/C23H20N2O3S/c1-16(22(26)24-15-19-13-8-14-27-19)29-23-25-20(17-9-4-2-5-10-17)21(28-23)18-11-6-3-7-12-18/h2-14,16H,15H2,1H3,(H,24,26). The van der Waals surface area contributed by atoms with Crippen molar-refractivity contribution >= 4 is 17.7 Å². The predicted octanol–water partition coefficient (Wildman–Crippen LogP) is 5.40. The summed E-state index contributed by atoms with van der Waals surface area (Å²) in [4.78, 5) is 17.1. The third kappa shape index (κ3) is 4.60. The van der Waals surface area contributed by atoms with Crippen LogP contribution in [0.3, 0.4) is 0 Å². The molecule has 146 valence electrons. The molecule has 1 unspecified atom stereocenters. The Kier molecular flexibility index (Phi) is 5.81. The highest BCUT2D eigenvalue weighted by molar-refractivity contribution is 8.00. The lowest BCUT2D eigenvalue weighted by Gasteiger charge is -2.08. The van der Waals surface area contributed by atoms with Crippen molar-refractivity contribution < 1.29 is 13.6 Å². The number of furan rings is 1. The molecule has 0 saturated heterocycles. The highest BCUT2D eigenvalue weighted by Crippen LogP contribution is 2.36. The minimum atomic E-state index is -0.365. The van der Waals surface area contributed by atoms with Crippen LogP contribution < -0.4 is 5.32 Å². The molecule has 2 heterocycles. The number of carbonyl (C=O) groups is 1. The van der Waals surface area contributed by atoms with E-state index >= 15 is 0 Å². The van der Waals surface area contributed by atoms with E-state index in [2.05, 4.69) is 10.3 Å². The summed E-state index contributed by atoms with van der Waals surface area (Å²) in [7, 11) is 0. The Labute approximate surface area is 173 Å². The van der Waals surface area contributed by atoms with Gasteiger partial charge in [-0.15, -0.1) is 0 Å². The largest absolute Gasteiger partial charge is 0.467 e. The zero-order chi connectivity index (χ0) is 20.1. The van der Waals surface area contributed by atoms with E-state index in [1.807, 2.05) is 73.7 Å². The van der Waals surface area contributed by atoms with Crippen molar-refractivity contribution in [3.05, 3.63) is 84.8 Å². The number of hydrogen-bond donors (Lipinski definition) is 1. The van der Waals surface area contributed by atoms with Crippen LogP contribution in [0, 0.1) is 0 Å². The summed E-state index contributed by atoms with van der Waals surface area (Å²) in [6.45, 7) is 2.18. The lowest BCUT2D eigenvalue weighted by Crippen LogP contribution is -2.30. The molecule has 4 aromatic rings. The van der Waals surface area contributed by atoms with Crippen LogP contribution in [0.15, 0.2) is 93.1 Å². The van der Waals surface area contributed by atoms with E-state index in [1.54, 1.807) is 12.3 Å². The maximum Gasteiger partial charge on any atom is 0.257 e. The van der Waals surface area contributed by atoms with Crippen molar-refractivity contribution in [3.63, 3.8) is 0 Å². The highest BCUT2D eigenvalue weighted by atomic mass is 32.2. The molecule has 1 N–H and O–H groups in total. The Morgan fingerprint density at radius 3 is 2.34 bits per heavy atom. The normalized spacial score (nSPS) is 11.9. The van der Waals surface area contributed by atoms with Crippen LogP contribution in [0.25, 0.3) is 22.6 Å². The lowest BCUT2D eigenvalue weighted by atomic mass is 10.1. The van der Waals surface area contributed by atoms with Gasteiger partial charge >= 0.3 is 0 Å². The van der Waals surface area contributed by atoms with Crippen LogP contribution in [0.1, 0.15) is 12.7 Å². The van der Waals surface area contributed by atoms with Crippen molar-refractivity contribution in [1.29, 1.82) is 0 Å². The van der Waals surface area contributed by atoms with Crippen molar-refractivity contribution in [2.24, 2.45) is 0 Å². The van der Waals surface area contributed by atoms with Crippen LogP contribution in [0.2, 0.25) is 0 Å². The molecule has 0 radical (unpaired) electrons. The van der Waals surface area contributed by atoms with Crippen LogP contribution in [0.5, 0.6) is 0 Å². The molecule has 0 aliphatic heterocycles. The molecule has 0 aliphatic carbocycles. The number of nitrogens with zero attached hydrogens (tertiary/aromatic N) is 1. The molecular weight excluding hydrogens is 384 g/mol. The number of rotatable bonds is 7. The van der Waals surface area contributed by atoms with E-state index in [9.17, 15) is 4.79 Å². The van der Waals surface area contributed by atoms with Crippen molar-refractivity contribution in [2.75, 3.05) is 0 Å². The van der Waals surface area contributed by atoms with Crippen LogP contribution in [-0.4, -0.2) is 16.1 Å². The van der Waals surface area contributed by atoms with Gasteiger partial charge in [0, 0.05) is 11.1 Å². The minimum Gasteiger partial charge on any atom is -0.467 e. The first-order valence-corrected chi connectivity index (χ1v) is 10.2. The van der Waals surface area contributed by atoms with Crippen molar-refractivity contribution in [2.45, 2.75) is 23.9 Å². The highest BCUT2D eigenvalue weighted by Gasteiger charge is 2.21. The first-order chi connectivity index (χ1) is 14.2. The molecular formula is C23H20N2O3S. The van der Waals surface area contributed by atoms with Gasteiger partial charge in [-0.05, 0) is 19.1 Å². The quantitative estimate of drug-likeness (QED) is 0.418. The fourth-order valence-electron chi connectivity index (χ4n) is 2.86. The minimum absolute atomic E-state index is 0.105. The summed E-state index contributed by atoms with van der Waals surface area (Å²) in [5.41, 5.74) is 2.68. The molecule has 29 heavy (non-hydrogen) atoms. The van der Waals surface area contributed by atoms with Crippen LogP contribution in [0.4, 0.5) is 0 Å². The lowest BCUT2D eigenvalue weighted by molar-refractivity contribution is -0.120. The third-order valence-corrected chi connectivity index (χ3v) is 5.30. The Morgan fingerprint density at radius 2 is 1.69 bits per heavy atom. The smallest absolute Gasteiger partial charge is 0.257 e. The van der Waals surface area contributed by atoms with Crippen LogP contribution >= 0.6 is 11.8 Å². The molecule has 2 aromatic carbocycles. The Hall–Kier alpha value is -3.25. The summed E-state index contributed by atoms with van der Waals surface area (Å²) < 4.78 is 11.3. The molecule has 1 atom stereocenters. The zero-order valence-electron chi connectivity index (χ0n) is 15.9. The van der Waals surface area contributed by atoms with Gasteiger partial charge in [0.15, 0.2) is 5.76 Å². The topological polar surface area (TPSA) is 68.3 Å². The zero-order valence-corrected chi connectivity index (χ0v) is 16.7. The van der Waals surface area contributed by atoms with Gasteiger partial charge < -0.3 is 14.2 Å². The third-order valence-electron chi connectivity index (χ3n) is 4.35. The molecule has 2 aromatic heterocycles. The van der Waals surface area contributed by atoms with E-state index in [0.29, 0.717) is 23.3 Å². The molecule has 4 rings (SSSR count). The summed E-state index contributed by atoms with van der Waals surface area (Å²) in [5, 5.41) is 2.96. The first kappa shape index (κ1) is 19.1. The number of nitrogens with one attached hydrogen (secondary N) is 1. The van der Waals surface area contributed by atoms with Gasteiger partial charge in [0.05, 0.1) is 18.1 Å². The number of carbonyl (C=O) groups excluding carboxylic acids is 1. The van der Waals surface area contributed by atoms with Gasteiger partial charge in [-0.2, -0.15) is 0 Å². The van der Waals surface area contributed by atoms with Gasteiger partial charge in [0.2, 0.25) is 5.91 Å². The second kappa shape index (κ2) is 8.84. The van der Waals surface area contributed by atoms with Gasteiger partial charge in [0.25, 0.3) is 5.22 Å². The number of hydrogen-bond acceptors (Lipinski definition) is 5.